The van der Waals surface area contributed by atoms with Gasteiger partial charge in [0.05, 0.1) is 53.2 Å². The number of hydrogen-bond donors (Lipinski definition) is 4. The summed E-state index contributed by atoms with van der Waals surface area (Å²) in [6.45, 7) is 3.62. The van der Waals surface area contributed by atoms with E-state index >= 15 is 0 Å². The zero-order chi connectivity index (χ0) is 33.2. The Balaban J connectivity index is 1.37. The maximum atomic E-state index is 12.4. The molecule has 3 aromatic carbocycles. The van der Waals surface area contributed by atoms with Crippen molar-refractivity contribution in [1.82, 2.24) is 16.1 Å². The van der Waals surface area contributed by atoms with Crippen LogP contribution in [0.5, 0.6) is 17.2 Å². The summed E-state index contributed by atoms with van der Waals surface area (Å²) >= 11 is 12.8. The zero-order valence-corrected chi connectivity index (χ0v) is 26.6. The second-order valence-corrected chi connectivity index (χ2v) is 10.6. The zero-order valence-electron chi connectivity index (χ0n) is 25.1. The summed E-state index contributed by atoms with van der Waals surface area (Å²) in [4.78, 5) is 24.6. The molecule has 2 amide bonds. The van der Waals surface area contributed by atoms with Gasteiger partial charge in [-0.1, -0.05) is 47.5 Å². The fourth-order valence-electron chi connectivity index (χ4n) is 4.52. The second kappa shape index (κ2) is 15.9. The van der Waals surface area contributed by atoms with Gasteiger partial charge in [0, 0.05) is 11.3 Å². The number of nitrogens with one attached hydrogen (secondary N) is 3. The summed E-state index contributed by atoms with van der Waals surface area (Å²) < 4.78 is 22.2. The molecule has 1 aliphatic rings. The Hall–Kier alpha value is -4.96. The molecule has 1 heterocycles. The van der Waals surface area contributed by atoms with Crippen molar-refractivity contribution in [2.24, 2.45) is 5.10 Å². The fraction of sp³-hybridized carbons (Fsp3) is 0.250. The van der Waals surface area contributed by atoms with Gasteiger partial charge in [-0.3, -0.25) is 5.43 Å². The van der Waals surface area contributed by atoms with E-state index in [1.54, 1.807) is 62.4 Å². The van der Waals surface area contributed by atoms with E-state index in [1.807, 2.05) is 6.07 Å². The Morgan fingerprint density at radius 3 is 2.57 bits per heavy atom. The molecule has 1 aliphatic heterocycles. The number of benzene rings is 3. The lowest BCUT2D eigenvalue weighted by Gasteiger charge is -2.28. The van der Waals surface area contributed by atoms with Crippen molar-refractivity contribution in [3.63, 3.8) is 0 Å². The Labute approximate surface area is 275 Å². The Kier molecular flexibility index (Phi) is 11.7. The molecule has 0 bridgehead atoms. The monoisotopic (exact) mass is 667 g/mol. The van der Waals surface area contributed by atoms with Crippen LogP contribution in [0.4, 0.5) is 4.79 Å². The van der Waals surface area contributed by atoms with Crippen molar-refractivity contribution < 1.29 is 33.6 Å². The molecule has 46 heavy (non-hydrogen) atoms. The standard InChI is InChI=1S/C32H31Cl2N5O7/c1-4-44-26-13-20(29-28(31(41)43-3)18(2)37-32(42)38-29)9-10-25(26)45-17-27(40)39-36-15-19-11-23(33)30(24(34)12-19)46-16-22-8-6-5-7-21(22)14-35/h5-13,15,27,29,39-40H,4,16-17H2,1-3H3,(H2,37,38,42)/b36-15-/t27-,29+/m1/s1. The van der Waals surface area contributed by atoms with Gasteiger partial charge in [0.1, 0.15) is 13.2 Å². The van der Waals surface area contributed by atoms with Gasteiger partial charge >= 0.3 is 12.0 Å². The third kappa shape index (κ3) is 8.39. The van der Waals surface area contributed by atoms with Gasteiger partial charge in [-0.15, -0.1) is 0 Å². The van der Waals surface area contributed by atoms with Gasteiger partial charge in [-0.2, -0.15) is 10.4 Å². The minimum absolute atomic E-state index is 0.109. The largest absolute Gasteiger partial charge is 0.490 e. The number of carbonyl (C=O) groups is 2. The molecule has 4 N–H and O–H groups in total. The highest BCUT2D eigenvalue weighted by molar-refractivity contribution is 6.37. The summed E-state index contributed by atoms with van der Waals surface area (Å²) in [5.41, 5.74) is 5.48. The van der Waals surface area contributed by atoms with Crippen molar-refractivity contribution >= 4 is 41.4 Å². The number of halogens is 2. The number of carbonyl (C=O) groups excluding carboxylic acids is 2. The van der Waals surface area contributed by atoms with E-state index in [1.165, 1.54) is 13.3 Å². The predicted octanol–water partition coefficient (Wildman–Crippen LogP) is 4.96. The maximum Gasteiger partial charge on any atom is 0.337 e. The van der Waals surface area contributed by atoms with Crippen molar-refractivity contribution in [1.29, 1.82) is 5.26 Å². The number of rotatable bonds is 13. The number of nitrogens with zero attached hydrogens (tertiary/aromatic N) is 2. The molecule has 2 atom stereocenters. The van der Waals surface area contributed by atoms with E-state index in [9.17, 15) is 20.0 Å². The number of urea groups is 1. The number of ether oxygens (including phenoxy) is 4. The smallest absolute Gasteiger partial charge is 0.337 e. The van der Waals surface area contributed by atoms with E-state index in [2.05, 4.69) is 27.2 Å². The molecule has 0 spiro atoms. The quantitative estimate of drug-likeness (QED) is 0.0853. The Morgan fingerprint density at radius 2 is 1.87 bits per heavy atom. The third-order valence-corrected chi connectivity index (χ3v) is 7.20. The van der Waals surface area contributed by atoms with E-state index in [0.717, 1.165) is 0 Å². The van der Waals surface area contributed by atoms with Crippen LogP contribution in [0.25, 0.3) is 0 Å². The lowest BCUT2D eigenvalue weighted by Crippen LogP contribution is -2.45. The van der Waals surface area contributed by atoms with Gasteiger partial charge < -0.3 is 34.7 Å². The number of aliphatic hydroxyl groups is 1. The second-order valence-electron chi connectivity index (χ2n) is 9.79. The number of esters is 1. The number of methoxy groups -OCH3 is 1. The number of aliphatic hydroxyl groups excluding tert-OH is 1. The highest BCUT2D eigenvalue weighted by atomic mass is 35.5. The van der Waals surface area contributed by atoms with Crippen LogP contribution in [0, 0.1) is 11.3 Å². The number of nitriles is 1. The maximum absolute atomic E-state index is 12.4. The molecule has 12 nitrogen and oxygen atoms in total. The van der Waals surface area contributed by atoms with Crippen LogP contribution in [-0.2, 0) is 16.1 Å². The number of hydrazone groups is 1. The van der Waals surface area contributed by atoms with Gasteiger partial charge in [0.25, 0.3) is 0 Å². The van der Waals surface area contributed by atoms with Crippen LogP contribution < -0.4 is 30.3 Å². The molecule has 0 aliphatic carbocycles. The van der Waals surface area contributed by atoms with E-state index < -0.39 is 24.3 Å². The first-order valence-electron chi connectivity index (χ1n) is 14.0. The summed E-state index contributed by atoms with van der Waals surface area (Å²) in [6, 6.07) is 16.0. The van der Waals surface area contributed by atoms with Crippen LogP contribution in [0.2, 0.25) is 10.0 Å². The van der Waals surface area contributed by atoms with Crippen molar-refractivity contribution in [2.75, 3.05) is 20.3 Å². The minimum Gasteiger partial charge on any atom is -0.490 e. The fourth-order valence-corrected chi connectivity index (χ4v) is 5.13. The first-order chi connectivity index (χ1) is 22.1. The Morgan fingerprint density at radius 1 is 1.13 bits per heavy atom. The van der Waals surface area contributed by atoms with E-state index in [-0.39, 0.29) is 34.6 Å². The van der Waals surface area contributed by atoms with E-state index in [4.69, 9.17) is 42.1 Å². The molecule has 0 unspecified atom stereocenters. The SMILES string of the molecule is CCOc1cc([C@@H]2NC(=O)NC(C)=C2C(=O)OC)ccc1OC[C@@H](O)N/N=C\c1cc(Cl)c(OCc2ccccc2C#N)c(Cl)c1. The lowest BCUT2D eigenvalue weighted by molar-refractivity contribution is -0.136. The molecule has 0 aromatic heterocycles. The van der Waals surface area contributed by atoms with Gasteiger partial charge in [-0.25, -0.2) is 9.59 Å². The Bertz CT molecular complexity index is 1680. The molecular formula is C32H31Cl2N5O7. The number of amides is 2. The van der Waals surface area contributed by atoms with Crippen LogP contribution in [0.1, 0.15) is 42.1 Å². The highest BCUT2D eigenvalue weighted by Crippen LogP contribution is 2.36. The molecule has 4 rings (SSSR count). The summed E-state index contributed by atoms with van der Waals surface area (Å²) in [7, 11) is 1.26. The predicted molar refractivity (Wildman–Crippen MR) is 171 cm³/mol. The van der Waals surface area contributed by atoms with E-state index in [0.29, 0.717) is 46.1 Å². The normalized spacial score (nSPS) is 15.0. The molecule has 0 radical (unpaired) electrons. The van der Waals surface area contributed by atoms with Gasteiger partial charge in [0.2, 0.25) is 0 Å². The first-order valence-corrected chi connectivity index (χ1v) is 14.7. The van der Waals surface area contributed by atoms with Gasteiger partial charge in [-0.05, 0) is 55.3 Å². The number of allylic oxidation sites excluding steroid dienone is 1. The van der Waals surface area contributed by atoms with Crippen LogP contribution >= 0.6 is 23.2 Å². The average molecular weight is 669 g/mol. The number of hydrogen-bond acceptors (Lipinski definition) is 10. The van der Waals surface area contributed by atoms with Crippen LogP contribution in [0.15, 0.2) is 71.0 Å². The molecular weight excluding hydrogens is 637 g/mol. The topological polar surface area (TPSA) is 164 Å². The minimum atomic E-state index is -1.21. The summed E-state index contributed by atoms with van der Waals surface area (Å²) in [6.07, 6.45) is 0.206. The molecule has 0 saturated carbocycles. The van der Waals surface area contributed by atoms with Crippen molar-refractivity contribution in [3.05, 3.63) is 98.2 Å². The van der Waals surface area contributed by atoms with Crippen molar-refractivity contribution in [3.8, 4) is 23.3 Å². The molecule has 3 aromatic rings. The lowest BCUT2D eigenvalue weighted by atomic mass is 9.95. The highest BCUT2D eigenvalue weighted by Gasteiger charge is 2.32. The molecule has 240 valence electrons. The summed E-state index contributed by atoms with van der Waals surface area (Å²) in [5.74, 6) is 0.339. The first kappa shape index (κ1) is 33.9. The van der Waals surface area contributed by atoms with Crippen molar-refractivity contribution in [2.45, 2.75) is 32.7 Å². The average Bonchev–Trinajstić information content (AvgIpc) is 3.03. The van der Waals surface area contributed by atoms with Gasteiger partial charge in [0.15, 0.2) is 23.5 Å². The summed E-state index contributed by atoms with van der Waals surface area (Å²) in [5, 5.41) is 29.5. The van der Waals surface area contributed by atoms with Crippen LogP contribution in [-0.4, -0.2) is 49.9 Å². The molecule has 0 fully saturated rings. The molecule has 14 heteroatoms. The third-order valence-electron chi connectivity index (χ3n) is 6.64. The van der Waals surface area contributed by atoms with Crippen LogP contribution in [0.3, 0.4) is 0 Å². The molecule has 0 saturated heterocycles.